The molecule has 0 saturated heterocycles. The van der Waals surface area contributed by atoms with E-state index in [2.05, 4.69) is 12.2 Å². The molecule has 0 aromatic heterocycles. The molecule has 0 aromatic carbocycles. The maximum Gasteiger partial charge on any atom is 0.222 e. The second-order valence-corrected chi connectivity index (χ2v) is 5.06. The van der Waals surface area contributed by atoms with Gasteiger partial charge < -0.3 is 16.0 Å². The van der Waals surface area contributed by atoms with Crippen LogP contribution < -0.4 is 11.1 Å². The minimum Gasteiger partial charge on any atom is -0.393 e. The summed E-state index contributed by atoms with van der Waals surface area (Å²) in [5, 5.41) is 2.72. The standard InChI is InChI=1S/C13H25N3O2S/c1-3-4-6-13(18)16(10-7-12(14)19)9-5-8-15-11(2)17/h3-10H2,1-2H3,(H2,14,19)(H,15,17). The summed E-state index contributed by atoms with van der Waals surface area (Å²) in [6, 6.07) is 0. The van der Waals surface area contributed by atoms with Gasteiger partial charge in [0, 0.05) is 39.4 Å². The second-order valence-electron chi connectivity index (χ2n) is 4.54. The van der Waals surface area contributed by atoms with Gasteiger partial charge in [-0.25, -0.2) is 0 Å². The molecule has 0 saturated carbocycles. The highest BCUT2D eigenvalue weighted by atomic mass is 32.1. The molecule has 0 spiro atoms. The molecule has 3 N–H and O–H groups in total. The van der Waals surface area contributed by atoms with Gasteiger partial charge >= 0.3 is 0 Å². The molecule has 0 atom stereocenters. The molecule has 0 aliphatic carbocycles. The number of hydrogen-bond donors (Lipinski definition) is 2. The van der Waals surface area contributed by atoms with Crippen molar-refractivity contribution in [3.63, 3.8) is 0 Å². The summed E-state index contributed by atoms with van der Waals surface area (Å²) in [4.78, 5) is 25.0. The molecule has 2 amide bonds. The molecule has 0 aromatic rings. The zero-order chi connectivity index (χ0) is 14.7. The molecule has 0 aliphatic heterocycles. The van der Waals surface area contributed by atoms with E-state index in [1.165, 1.54) is 6.92 Å². The van der Waals surface area contributed by atoms with Crippen molar-refractivity contribution in [1.82, 2.24) is 10.2 Å². The third-order valence-corrected chi connectivity index (χ3v) is 2.91. The van der Waals surface area contributed by atoms with Gasteiger partial charge in [0.05, 0.1) is 4.99 Å². The van der Waals surface area contributed by atoms with E-state index in [0.29, 0.717) is 37.5 Å². The third-order valence-electron chi connectivity index (χ3n) is 2.70. The molecule has 6 heteroatoms. The Labute approximate surface area is 120 Å². The van der Waals surface area contributed by atoms with Gasteiger partial charge in [0.25, 0.3) is 0 Å². The first-order valence-electron chi connectivity index (χ1n) is 6.77. The molecule has 5 nitrogen and oxygen atoms in total. The predicted molar refractivity (Wildman–Crippen MR) is 80.8 cm³/mol. The van der Waals surface area contributed by atoms with Crippen LogP contribution in [0.15, 0.2) is 0 Å². The highest BCUT2D eigenvalue weighted by molar-refractivity contribution is 7.80. The predicted octanol–water partition coefficient (Wildman–Crippen LogP) is 1.21. The van der Waals surface area contributed by atoms with Crippen LogP contribution >= 0.6 is 12.2 Å². The topological polar surface area (TPSA) is 75.4 Å². The summed E-state index contributed by atoms with van der Waals surface area (Å²) < 4.78 is 0. The number of thiocarbonyl (C=S) groups is 1. The van der Waals surface area contributed by atoms with Crippen molar-refractivity contribution in [3.05, 3.63) is 0 Å². The molecule has 0 fully saturated rings. The van der Waals surface area contributed by atoms with E-state index in [4.69, 9.17) is 18.0 Å². The van der Waals surface area contributed by atoms with Crippen molar-refractivity contribution >= 4 is 29.0 Å². The quantitative estimate of drug-likeness (QED) is 0.468. The van der Waals surface area contributed by atoms with Crippen LogP contribution in [0.2, 0.25) is 0 Å². The van der Waals surface area contributed by atoms with Crippen molar-refractivity contribution in [3.8, 4) is 0 Å². The first-order chi connectivity index (χ1) is 8.97. The zero-order valence-corrected chi connectivity index (χ0v) is 12.7. The molecular formula is C13H25N3O2S. The first kappa shape index (κ1) is 17.8. The summed E-state index contributed by atoms with van der Waals surface area (Å²) in [5.74, 6) is 0.0907. The molecule has 0 aliphatic rings. The van der Waals surface area contributed by atoms with E-state index in [1.54, 1.807) is 4.90 Å². The maximum atomic E-state index is 12.0. The fraction of sp³-hybridized carbons (Fsp3) is 0.769. The number of hydrogen-bond acceptors (Lipinski definition) is 3. The third kappa shape index (κ3) is 10.4. The average molecular weight is 287 g/mol. The lowest BCUT2D eigenvalue weighted by Crippen LogP contribution is -2.36. The lowest BCUT2D eigenvalue weighted by molar-refractivity contribution is -0.131. The van der Waals surface area contributed by atoms with Gasteiger partial charge in [-0.1, -0.05) is 25.6 Å². The Bertz CT molecular complexity index is 308. The maximum absolute atomic E-state index is 12.0. The van der Waals surface area contributed by atoms with Crippen molar-refractivity contribution in [2.24, 2.45) is 5.73 Å². The van der Waals surface area contributed by atoms with Crippen LogP contribution in [0.25, 0.3) is 0 Å². The van der Waals surface area contributed by atoms with E-state index in [9.17, 15) is 9.59 Å². The first-order valence-corrected chi connectivity index (χ1v) is 7.18. The summed E-state index contributed by atoms with van der Waals surface area (Å²) in [5.41, 5.74) is 5.47. The molecular weight excluding hydrogens is 262 g/mol. The van der Waals surface area contributed by atoms with Crippen LogP contribution in [0.3, 0.4) is 0 Å². The highest BCUT2D eigenvalue weighted by Crippen LogP contribution is 2.03. The van der Waals surface area contributed by atoms with Gasteiger partial charge in [0.1, 0.15) is 0 Å². The van der Waals surface area contributed by atoms with Gasteiger partial charge in [-0.2, -0.15) is 0 Å². The molecule has 0 rings (SSSR count). The van der Waals surface area contributed by atoms with Gasteiger partial charge in [-0.15, -0.1) is 0 Å². The Morgan fingerprint density at radius 2 is 1.89 bits per heavy atom. The summed E-state index contributed by atoms with van der Waals surface area (Å²) in [6.07, 6.45) is 3.75. The fourth-order valence-corrected chi connectivity index (χ4v) is 1.72. The number of nitrogens with one attached hydrogen (secondary N) is 1. The van der Waals surface area contributed by atoms with Crippen LogP contribution in [0.5, 0.6) is 0 Å². The summed E-state index contributed by atoms with van der Waals surface area (Å²) in [7, 11) is 0. The largest absolute Gasteiger partial charge is 0.393 e. The number of nitrogens with two attached hydrogens (primary N) is 1. The minimum absolute atomic E-state index is 0.0491. The molecule has 0 heterocycles. The molecule has 110 valence electrons. The number of amides is 2. The van der Waals surface area contributed by atoms with Crippen LogP contribution in [0, 0.1) is 0 Å². The summed E-state index contributed by atoms with van der Waals surface area (Å²) >= 11 is 4.84. The highest BCUT2D eigenvalue weighted by Gasteiger charge is 2.12. The van der Waals surface area contributed by atoms with E-state index in [-0.39, 0.29) is 11.8 Å². The van der Waals surface area contributed by atoms with Gasteiger partial charge in [0.15, 0.2) is 0 Å². The van der Waals surface area contributed by atoms with E-state index < -0.39 is 0 Å². The van der Waals surface area contributed by atoms with Crippen molar-refractivity contribution in [2.45, 2.75) is 46.0 Å². The number of nitrogens with zero attached hydrogens (tertiary/aromatic N) is 1. The number of carbonyl (C=O) groups excluding carboxylic acids is 2. The Hall–Kier alpha value is -1.17. The lowest BCUT2D eigenvalue weighted by atomic mass is 10.2. The smallest absolute Gasteiger partial charge is 0.222 e. The lowest BCUT2D eigenvalue weighted by Gasteiger charge is -2.22. The average Bonchev–Trinajstić information content (AvgIpc) is 2.34. The van der Waals surface area contributed by atoms with Crippen molar-refractivity contribution < 1.29 is 9.59 Å². The SMILES string of the molecule is CCCCC(=O)N(CCCNC(C)=O)CCC(N)=S. The van der Waals surface area contributed by atoms with Crippen LogP contribution in [0.4, 0.5) is 0 Å². The molecule has 0 radical (unpaired) electrons. The zero-order valence-electron chi connectivity index (χ0n) is 11.9. The van der Waals surface area contributed by atoms with Gasteiger partial charge in [0.2, 0.25) is 11.8 Å². The molecule has 0 bridgehead atoms. The van der Waals surface area contributed by atoms with Crippen molar-refractivity contribution in [1.29, 1.82) is 0 Å². The minimum atomic E-state index is -0.0491. The van der Waals surface area contributed by atoms with E-state index in [0.717, 1.165) is 19.3 Å². The van der Waals surface area contributed by atoms with Crippen LogP contribution in [0.1, 0.15) is 46.0 Å². The second kappa shape index (κ2) is 10.7. The monoisotopic (exact) mass is 287 g/mol. The Morgan fingerprint density at radius 1 is 1.21 bits per heavy atom. The van der Waals surface area contributed by atoms with Crippen LogP contribution in [-0.4, -0.2) is 41.3 Å². The number of unbranched alkanes of at least 4 members (excludes halogenated alkanes) is 1. The number of rotatable bonds is 10. The molecule has 19 heavy (non-hydrogen) atoms. The normalized spacial score (nSPS) is 10.0. The van der Waals surface area contributed by atoms with E-state index >= 15 is 0 Å². The van der Waals surface area contributed by atoms with E-state index in [1.807, 2.05) is 0 Å². The number of carbonyl (C=O) groups is 2. The summed E-state index contributed by atoms with van der Waals surface area (Å²) in [6.45, 7) is 5.32. The molecule has 0 unspecified atom stereocenters. The fourth-order valence-electron chi connectivity index (χ4n) is 1.63. The van der Waals surface area contributed by atoms with Crippen molar-refractivity contribution in [2.75, 3.05) is 19.6 Å². The van der Waals surface area contributed by atoms with Gasteiger partial charge in [-0.05, 0) is 12.8 Å². The Kier molecular flexibility index (Phi) is 10.1. The Balaban J connectivity index is 4.12. The van der Waals surface area contributed by atoms with Gasteiger partial charge in [-0.3, -0.25) is 9.59 Å². The van der Waals surface area contributed by atoms with Crippen LogP contribution in [-0.2, 0) is 9.59 Å². The Morgan fingerprint density at radius 3 is 2.42 bits per heavy atom.